The number of esters is 1. The SMILES string of the molecule is CCCCCCCCCCCCCCCCC(O)C(CO)NC(=O)CCCCCCCCCCCCCCCCCCCCCCCCCCCCCCCCCCOC(=O)CCCCCCCCCCCCCCC. The molecular weight excluding hydrogens is 935 g/mol. The minimum Gasteiger partial charge on any atom is -0.466 e. The lowest BCUT2D eigenvalue weighted by atomic mass is 10.0. The van der Waals surface area contributed by atoms with Crippen LogP contribution in [0.3, 0.4) is 0 Å². The van der Waals surface area contributed by atoms with Crippen molar-refractivity contribution in [1.82, 2.24) is 5.32 Å². The Hall–Kier alpha value is -1.14. The number of aliphatic hydroxyl groups is 2. The monoisotopic (exact) mass is 1070 g/mol. The molecule has 3 N–H and O–H groups in total. The van der Waals surface area contributed by atoms with Crippen LogP contribution >= 0.6 is 0 Å². The van der Waals surface area contributed by atoms with Crippen molar-refractivity contribution in [3.63, 3.8) is 0 Å². The maximum Gasteiger partial charge on any atom is 0.305 e. The average Bonchev–Trinajstić information content (AvgIpc) is 3.42. The van der Waals surface area contributed by atoms with Gasteiger partial charge in [0.1, 0.15) is 0 Å². The normalized spacial score (nSPS) is 12.4. The van der Waals surface area contributed by atoms with Gasteiger partial charge in [0.15, 0.2) is 0 Å². The average molecular weight is 1070 g/mol. The van der Waals surface area contributed by atoms with Crippen molar-refractivity contribution < 1.29 is 24.5 Å². The molecule has 0 fully saturated rings. The van der Waals surface area contributed by atoms with Crippen LogP contribution in [-0.4, -0.2) is 47.4 Å². The van der Waals surface area contributed by atoms with E-state index in [0.717, 1.165) is 38.5 Å². The first-order valence-corrected chi connectivity index (χ1v) is 35.3. The number of hydrogen-bond acceptors (Lipinski definition) is 5. The van der Waals surface area contributed by atoms with E-state index in [0.29, 0.717) is 25.9 Å². The fourth-order valence-corrected chi connectivity index (χ4v) is 11.5. The fourth-order valence-electron chi connectivity index (χ4n) is 11.5. The summed E-state index contributed by atoms with van der Waals surface area (Å²) in [6.45, 7) is 5.00. The van der Waals surface area contributed by atoms with Crippen molar-refractivity contribution in [2.75, 3.05) is 13.2 Å². The molecule has 0 aliphatic heterocycles. The Kier molecular flexibility index (Phi) is 65.4. The number of unbranched alkanes of at least 4 members (excludes halogenated alkanes) is 56. The molecule has 2 atom stereocenters. The molecule has 0 bridgehead atoms. The maximum absolute atomic E-state index is 12.5. The van der Waals surface area contributed by atoms with E-state index in [1.807, 2.05) is 0 Å². The second kappa shape index (κ2) is 66.4. The number of ether oxygens (including phenoxy) is 1. The van der Waals surface area contributed by atoms with Crippen molar-refractivity contribution >= 4 is 11.9 Å². The summed E-state index contributed by atoms with van der Waals surface area (Å²) < 4.78 is 5.49. The topological polar surface area (TPSA) is 95.9 Å². The number of carbonyl (C=O) groups is 2. The van der Waals surface area contributed by atoms with Gasteiger partial charge in [-0.2, -0.15) is 0 Å². The molecule has 0 aromatic heterocycles. The molecule has 0 aliphatic rings. The van der Waals surface area contributed by atoms with Crippen molar-refractivity contribution in [2.45, 2.75) is 424 Å². The van der Waals surface area contributed by atoms with Crippen molar-refractivity contribution in [2.24, 2.45) is 0 Å². The molecule has 454 valence electrons. The first-order valence-electron chi connectivity index (χ1n) is 35.3. The van der Waals surface area contributed by atoms with E-state index in [9.17, 15) is 19.8 Å². The van der Waals surface area contributed by atoms with Crippen LogP contribution in [0, 0.1) is 0 Å². The molecule has 1 amide bonds. The highest BCUT2D eigenvalue weighted by Gasteiger charge is 2.20. The number of rotatable bonds is 67. The molecule has 0 aliphatic carbocycles. The first-order chi connectivity index (χ1) is 37.5. The van der Waals surface area contributed by atoms with Gasteiger partial charge in [0.2, 0.25) is 5.91 Å². The summed E-state index contributed by atoms with van der Waals surface area (Å²) in [5.41, 5.74) is 0. The number of nitrogens with one attached hydrogen (secondary N) is 1. The summed E-state index contributed by atoms with van der Waals surface area (Å²) in [4.78, 5) is 24.5. The summed E-state index contributed by atoms with van der Waals surface area (Å²) in [7, 11) is 0. The highest BCUT2D eigenvalue weighted by atomic mass is 16.5. The molecule has 0 aromatic rings. The lowest BCUT2D eigenvalue weighted by molar-refractivity contribution is -0.143. The highest BCUT2D eigenvalue weighted by Crippen LogP contribution is 2.20. The molecule has 0 saturated carbocycles. The second-order valence-electron chi connectivity index (χ2n) is 24.6. The maximum atomic E-state index is 12.5. The predicted octanol–water partition coefficient (Wildman–Crippen LogP) is 22.6. The van der Waals surface area contributed by atoms with Crippen LogP contribution in [0.2, 0.25) is 0 Å². The van der Waals surface area contributed by atoms with Gasteiger partial charge < -0.3 is 20.3 Å². The number of hydrogen-bond donors (Lipinski definition) is 3. The predicted molar refractivity (Wildman–Crippen MR) is 334 cm³/mol. The quantitative estimate of drug-likeness (QED) is 0.0417. The van der Waals surface area contributed by atoms with Crippen molar-refractivity contribution in [1.29, 1.82) is 0 Å². The van der Waals surface area contributed by atoms with Crippen molar-refractivity contribution in [3.8, 4) is 0 Å². The van der Waals surface area contributed by atoms with Crippen LogP contribution in [0.1, 0.15) is 412 Å². The molecular formula is C70H139NO5. The molecule has 2 unspecified atom stereocenters. The van der Waals surface area contributed by atoms with E-state index in [2.05, 4.69) is 19.2 Å². The molecule has 0 radical (unpaired) electrons. The number of aliphatic hydroxyl groups excluding tert-OH is 2. The molecule has 6 heteroatoms. The zero-order chi connectivity index (χ0) is 55.0. The first kappa shape index (κ1) is 74.9. The van der Waals surface area contributed by atoms with Crippen LogP contribution in [0.15, 0.2) is 0 Å². The van der Waals surface area contributed by atoms with E-state index < -0.39 is 12.1 Å². The van der Waals surface area contributed by atoms with Gasteiger partial charge >= 0.3 is 5.97 Å². The van der Waals surface area contributed by atoms with Crippen LogP contribution in [0.4, 0.5) is 0 Å². The zero-order valence-corrected chi connectivity index (χ0v) is 52.0. The van der Waals surface area contributed by atoms with Crippen LogP contribution in [0.5, 0.6) is 0 Å². The van der Waals surface area contributed by atoms with E-state index in [4.69, 9.17) is 4.74 Å². The Balaban J connectivity index is 3.30. The van der Waals surface area contributed by atoms with Gasteiger partial charge in [-0.05, 0) is 25.7 Å². The van der Waals surface area contributed by atoms with Crippen molar-refractivity contribution in [3.05, 3.63) is 0 Å². The third kappa shape index (κ3) is 62.1. The lowest BCUT2D eigenvalue weighted by Crippen LogP contribution is -2.45. The van der Waals surface area contributed by atoms with Gasteiger partial charge in [-0.15, -0.1) is 0 Å². The minimum atomic E-state index is -0.659. The largest absolute Gasteiger partial charge is 0.466 e. The molecule has 0 saturated heterocycles. The molecule has 0 spiro atoms. The van der Waals surface area contributed by atoms with Crippen LogP contribution in [0.25, 0.3) is 0 Å². The summed E-state index contributed by atoms with van der Waals surface area (Å²) in [5.74, 6) is -0.00329. The Morgan fingerprint density at radius 1 is 0.316 bits per heavy atom. The zero-order valence-electron chi connectivity index (χ0n) is 52.0. The third-order valence-corrected chi connectivity index (χ3v) is 16.9. The number of carbonyl (C=O) groups excluding carboxylic acids is 2. The summed E-state index contributed by atoms with van der Waals surface area (Å²) in [5, 5.41) is 23.3. The Morgan fingerprint density at radius 3 is 0.803 bits per heavy atom. The third-order valence-electron chi connectivity index (χ3n) is 16.9. The number of amides is 1. The molecule has 0 rings (SSSR count). The molecule has 76 heavy (non-hydrogen) atoms. The molecule has 0 aromatic carbocycles. The highest BCUT2D eigenvalue weighted by molar-refractivity contribution is 5.76. The summed E-state index contributed by atoms with van der Waals surface area (Å²) in [6.07, 6.45) is 80.2. The summed E-state index contributed by atoms with van der Waals surface area (Å²) in [6, 6.07) is -0.536. The van der Waals surface area contributed by atoms with E-state index in [1.54, 1.807) is 0 Å². The van der Waals surface area contributed by atoms with Gasteiger partial charge in [-0.25, -0.2) is 0 Å². The van der Waals surface area contributed by atoms with Crippen LogP contribution < -0.4 is 5.32 Å². The van der Waals surface area contributed by atoms with Gasteiger partial charge in [0.05, 0.1) is 25.4 Å². The fraction of sp³-hybridized carbons (Fsp3) is 0.971. The molecule has 0 heterocycles. The Bertz CT molecular complexity index is 1100. The van der Waals surface area contributed by atoms with Gasteiger partial charge in [0, 0.05) is 12.8 Å². The minimum absolute atomic E-state index is 0.0238. The Morgan fingerprint density at radius 2 is 0.539 bits per heavy atom. The van der Waals surface area contributed by atoms with E-state index in [-0.39, 0.29) is 18.5 Å². The molecule has 6 nitrogen and oxygen atoms in total. The lowest BCUT2D eigenvalue weighted by Gasteiger charge is -2.22. The van der Waals surface area contributed by atoms with E-state index in [1.165, 1.54) is 340 Å². The van der Waals surface area contributed by atoms with Gasteiger partial charge in [0.25, 0.3) is 0 Å². The van der Waals surface area contributed by atoms with Gasteiger partial charge in [-0.1, -0.05) is 373 Å². The van der Waals surface area contributed by atoms with Gasteiger partial charge in [-0.3, -0.25) is 9.59 Å². The van der Waals surface area contributed by atoms with Crippen LogP contribution in [-0.2, 0) is 14.3 Å². The summed E-state index contributed by atoms with van der Waals surface area (Å²) >= 11 is 0. The second-order valence-corrected chi connectivity index (χ2v) is 24.6. The standard InChI is InChI=1S/C70H139NO5/c1-3-5-7-9-11-13-15-17-39-42-46-50-54-58-62-68(73)67(66-72)71-69(74)63-59-55-51-47-43-40-36-34-32-30-28-26-24-22-20-18-19-21-23-25-27-29-31-33-35-37-41-45-49-53-57-61-65-76-70(75)64-60-56-52-48-44-38-16-14-12-10-8-6-4-2/h67-68,72-73H,3-66H2,1-2H3,(H,71,74). The smallest absolute Gasteiger partial charge is 0.305 e. The Labute approximate surface area is 476 Å². The van der Waals surface area contributed by atoms with E-state index >= 15 is 0 Å².